The molecule has 0 spiro atoms. The third kappa shape index (κ3) is 4.96. The third-order valence-electron chi connectivity index (χ3n) is 3.57. The van der Waals surface area contributed by atoms with Gasteiger partial charge in [-0.3, -0.25) is 4.79 Å². The van der Waals surface area contributed by atoms with Gasteiger partial charge in [-0.05, 0) is 30.3 Å². The summed E-state index contributed by atoms with van der Waals surface area (Å²) in [5.74, 6) is 0.957. The van der Waals surface area contributed by atoms with Crippen LogP contribution in [0.15, 0.2) is 53.4 Å². The van der Waals surface area contributed by atoms with E-state index in [1.807, 2.05) is 12.1 Å². The predicted octanol–water partition coefficient (Wildman–Crippen LogP) is 1.75. The SMILES string of the molecule is COc1cccc(OCCNC(=O)c2cccc(S(=O)(=O)N(C)C)c2)c1. The summed E-state index contributed by atoms with van der Waals surface area (Å²) >= 11 is 0. The molecule has 0 atom stereocenters. The van der Waals surface area contributed by atoms with Crippen LogP contribution in [0.2, 0.25) is 0 Å². The fourth-order valence-electron chi connectivity index (χ4n) is 2.14. The molecule has 0 saturated heterocycles. The Morgan fingerprint density at radius 2 is 1.77 bits per heavy atom. The first-order chi connectivity index (χ1) is 12.3. The minimum Gasteiger partial charge on any atom is -0.497 e. The Labute approximate surface area is 153 Å². The van der Waals surface area contributed by atoms with Crippen molar-refractivity contribution in [1.29, 1.82) is 0 Å². The summed E-state index contributed by atoms with van der Waals surface area (Å²) in [4.78, 5) is 12.3. The number of nitrogens with one attached hydrogen (secondary N) is 1. The maximum atomic E-state index is 12.2. The number of hydrogen-bond acceptors (Lipinski definition) is 5. The highest BCUT2D eigenvalue weighted by Crippen LogP contribution is 2.18. The van der Waals surface area contributed by atoms with Gasteiger partial charge in [-0.1, -0.05) is 12.1 Å². The first-order valence-electron chi connectivity index (χ1n) is 7.92. The monoisotopic (exact) mass is 378 g/mol. The van der Waals surface area contributed by atoms with Crippen molar-refractivity contribution in [3.05, 3.63) is 54.1 Å². The van der Waals surface area contributed by atoms with Crippen LogP contribution < -0.4 is 14.8 Å². The van der Waals surface area contributed by atoms with Gasteiger partial charge in [0.2, 0.25) is 10.0 Å². The molecule has 0 aliphatic heterocycles. The van der Waals surface area contributed by atoms with Crippen molar-refractivity contribution in [1.82, 2.24) is 9.62 Å². The van der Waals surface area contributed by atoms with E-state index < -0.39 is 10.0 Å². The summed E-state index contributed by atoms with van der Waals surface area (Å²) in [6.07, 6.45) is 0. The number of ether oxygens (including phenoxy) is 2. The quantitative estimate of drug-likeness (QED) is 0.708. The number of sulfonamides is 1. The van der Waals surface area contributed by atoms with E-state index >= 15 is 0 Å². The van der Waals surface area contributed by atoms with Crippen molar-refractivity contribution in [3.63, 3.8) is 0 Å². The largest absolute Gasteiger partial charge is 0.497 e. The van der Waals surface area contributed by atoms with Crippen LogP contribution in [0.1, 0.15) is 10.4 Å². The molecule has 2 aromatic carbocycles. The topological polar surface area (TPSA) is 84.9 Å². The lowest BCUT2D eigenvalue weighted by atomic mass is 10.2. The Bertz CT molecular complexity index is 865. The highest BCUT2D eigenvalue weighted by Gasteiger charge is 2.18. The molecule has 0 bridgehead atoms. The van der Waals surface area contributed by atoms with Gasteiger partial charge in [0.25, 0.3) is 5.91 Å². The number of hydrogen-bond donors (Lipinski definition) is 1. The van der Waals surface area contributed by atoms with Gasteiger partial charge in [0, 0.05) is 25.7 Å². The lowest BCUT2D eigenvalue weighted by Crippen LogP contribution is -2.28. The van der Waals surface area contributed by atoms with Gasteiger partial charge in [-0.25, -0.2) is 12.7 Å². The molecule has 0 fully saturated rings. The summed E-state index contributed by atoms with van der Waals surface area (Å²) in [6.45, 7) is 0.551. The van der Waals surface area contributed by atoms with Crippen LogP contribution in [-0.2, 0) is 10.0 Å². The average Bonchev–Trinajstić information content (AvgIpc) is 2.65. The molecule has 0 radical (unpaired) electrons. The van der Waals surface area contributed by atoms with Gasteiger partial charge in [0.05, 0.1) is 18.6 Å². The van der Waals surface area contributed by atoms with E-state index in [1.54, 1.807) is 25.3 Å². The predicted molar refractivity (Wildman–Crippen MR) is 98.1 cm³/mol. The highest BCUT2D eigenvalue weighted by molar-refractivity contribution is 7.89. The van der Waals surface area contributed by atoms with Crippen LogP contribution >= 0.6 is 0 Å². The van der Waals surface area contributed by atoms with Crippen LogP contribution in [-0.4, -0.2) is 53.0 Å². The number of benzene rings is 2. The van der Waals surface area contributed by atoms with Crippen LogP contribution in [0.25, 0.3) is 0 Å². The van der Waals surface area contributed by atoms with Crippen LogP contribution in [0, 0.1) is 0 Å². The summed E-state index contributed by atoms with van der Waals surface area (Å²) in [5.41, 5.74) is 0.273. The smallest absolute Gasteiger partial charge is 0.251 e. The molecule has 140 valence electrons. The Balaban J connectivity index is 1.92. The Morgan fingerprint density at radius 1 is 1.08 bits per heavy atom. The minimum atomic E-state index is -3.58. The van der Waals surface area contributed by atoms with E-state index in [2.05, 4.69) is 5.32 Å². The summed E-state index contributed by atoms with van der Waals surface area (Å²) < 4.78 is 36.0. The Morgan fingerprint density at radius 3 is 2.46 bits per heavy atom. The molecular weight excluding hydrogens is 356 g/mol. The van der Waals surface area contributed by atoms with Crippen molar-refractivity contribution >= 4 is 15.9 Å². The summed E-state index contributed by atoms with van der Waals surface area (Å²) in [5, 5.41) is 2.70. The molecule has 1 N–H and O–H groups in total. The fourth-order valence-corrected chi connectivity index (χ4v) is 3.08. The lowest BCUT2D eigenvalue weighted by molar-refractivity contribution is 0.0946. The number of methoxy groups -OCH3 is 1. The molecule has 0 heterocycles. The molecule has 8 heteroatoms. The molecule has 0 aliphatic rings. The highest BCUT2D eigenvalue weighted by atomic mass is 32.2. The van der Waals surface area contributed by atoms with Crippen molar-refractivity contribution in [2.24, 2.45) is 0 Å². The van der Waals surface area contributed by atoms with E-state index in [9.17, 15) is 13.2 Å². The van der Waals surface area contributed by atoms with Crippen molar-refractivity contribution in [2.75, 3.05) is 34.4 Å². The van der Waals surface area contributed by atoms with E-state index in [0.29, 0.717) is 11.5 Å². The second-order valence-electron chi connectivity index (χ2n) is 5.60. The van der Waals surface area contributed by atoms with Crippen LogP contribution in [0.3, 0.4) is 0 Å². The standard InChI is InChI=1S/C18H22N2O5S/c1-20(2)26(22,23)17-9-4-6-14(12-17)18(21)19-10-11-25-16-8-5-7-15(13-16)24-3/h4-9,12-13H,10-11H2,1-3H3,(H,19,21). The molecule has 0 aromatic heterocycles. The fraction of sp³-hybridized carbons (Fsp3) is 0.278. The van der Waals surface area contributed by atoms with Gasteiger partial charge >= 0.3 is 0 Å². The maximum Gasteiger partial charge on any atom is 0.251 e. The van der Waals surface area contributed by atoms with Gasteiger partial charge in [-0.2, -0.15) is 0 Å². The van der Waals surface area contributed by atoms with Gasteiger partial charge in [0.15, 0.2) is 0 Å². The third-order valence-corrected chi connectivity index (χ3v) is 5.38. The van der Waals surface area contributed by atoms with Crippen molar-refractivity contribution in [3.8, 4) is 11.5 Å². The first-order valence-corrected chi connectivity index (χ1v) is 9.36. The molecule has 0 saturated carbocycles. The summed E-state index contributed by atoms with van der Waals surface area (Å²) in [7, 11) is 0.874. The molecule has 0 aliphatic carbocycles. The number of carbonyl (C=O) groups excluding carboxylic acids is 1. The number of rotatable bonds is 8. The van der Waals surface area contributed by atoms with Gasteiger partial charge in [-0.15, -0.1) is 0 Å². The molecule has 26 heavy (non-hydrogen) atoms. The Hall–Kier alpha value is -2.58. The van der Waals surface area contributed by atoms with E-state index in [4.69, 9.17) is 9.47 Å². The zero-order valence-electron chi connectivity index (χ0n) is 14.9. The molecule has 2 aromatic rings. The second kappa shape index (κ2) is 8.68. The zero-order chi connectivity index (χ0) is 19.2. The van der Waals surface area contributed by atoms with E-state index in [1.165, 1.54) is 32.3 Å². The van der Waals surface area contributed by atoms with Gasteiger partial charge in [0.1, 0.15) is 18.1 Å². The number of nitrogens with zero attached hydrogens (tertiary/aromatic N) is 1. The van der Waals surface area contributed by atoms with Crippen LogP contribution in [0.4, 0.5) is 0 Å². The normalized spacial score (nSPS) is 11.2. The van der Waals surface area contributed by atoms with Crippen LogP contribution in [0.5, 0.6) is 11.5 Å². The minimum absolute atomic E-state index is 0.0720. The average molecular weight is 378 g/mol. The van der Waals surface area contributed by atoms with Crippen molar-refractivity contribution < 1.29 is 22.7 Å². The first kappa shape index (κ1) is 19.7. The maximum absolute atomic E-state index is 12.2. The van der Waals surface area contributed by atoms with E-state index in [0.717, 1.165) is 4.31 Å². The molecule has 1 amide bonds. The van der Waals surface area contributed by atoms with Crippen molar-refractivity contribution in [2.45, 2.75) is 4.90 Å². The molecule has 2 rings (SSSR count). The second-order valence-corrected chi connectivity index (χ2v) is 7.75. The summed E-state index contributed by atoms with van der Waals surface area (Å²) in [6, 6.07) is 13.1. The number of amides is 1. The Kier molecular flexibility index (Phi) is 6.59. The zero-order valence-corrected chi connectivity index (χ0v) is 15.7. The molecule has 7 nitrogen and oxygen atoms in total. The lowest BCUT2D eigenvalue weighted by Gasteiger charge is -2.12. The van der Waals surface area contributed by atoms with E-state index in [-0.39, 0.29) is 29.5 Å². The number of carbonyl (C=O) groups is 1. The van der Waals surface area contributed by atoms with Gasteiger partial charge < -0.3 is 14.8 Å². The molecular formula is C18H22N2O5S. The molecule has 0 unspecified atom stereocenters.